The largest absolute Gasteiger partial charge is 0.390 e. The van der Waals surface area contributed by atoms with Gasteiger partial charge < -0.3 is 16.2 Å². The van der Waals surface area contributed by atoms with Crippen LogP contribution in [0.2, 0.25) is 0 Å². The highest BCUT2D eigenvalue weighted by molar-refractivity contribution is 5.99. The van der Waals surface area contributed by atoms with E-state index in [0.29, 0.717) is 12.0 Å². The summed E-state index contributed by atoms with van der Waals surface area (Å²) >= 11 is 0. The number of carbonyl (C=O) groups excluding carboxylic acids is 2. The molecule has 0 saturated heterocycles. The molecule has 0 bridgehead atoms. The molecule has 2 aliphatic carbocycles. The highest BCUT2D eigenvalue weighted by Gasteiger charge is 2.59. The molecule has 4 N–H and O–H groups in total. The summed E-state index contributed by atoms with van der Waals surface area (Å²) in [4.78, 5) is 32.2. The van der Waals surface area contributed by atoms with E-state index in [1.165, 1.54) is 4.90 Å². The Kier molecular flexibility index (Phi) is 5.47. The maximum atomic E-state index is 13.2. The monoisotopic (exact) mass is 460 g/mol. The second-order valence-electron chi connectivity index (χ2n) is 9.90. The molecule has 0 aromatic heterocycles. The first-order valence-electron chi connectivity index (χ1n) is 12.2. The van der Waals surface area contributed by atoms with Gasteiger partial charge in [0.25, 0.3) is 5.91 Å². The molecule has 34 heavy (non-hydrogen) atoms. The number of fused-ring (bicyclic) bond motifs is 2. The van der Waals surface area contributed by atoms with E-state index < -0.39 is 17.7 Å². The highest BCUT2D eigenvalue weighted by Crippen LogP contribution is 2.59. The summed E-state index contributed by atoms with van der Waals surface area (Å²) in [5.74, 6) is -0.0670. The van der Waals surface area contributed by atoms with Gasteiger partial charge in [0.05, 0.1) is 30.7 Å². The number of aliphatic hydroxyl groups is 1. The molecule has 2 aromatic rings. The Morgan fingerprint density at radius 1 is 1.18 bits per heavy atom. The third kappa shape index (κ3) is 3.59. The number of nitrogens with zero attached hydrogens (tertiary/aromatic N) is 2. The molecule has 1 heterocycles. The lowest BCUT2D eigenvalue weighted by molar-refractivity contribution is -0.130. The molecule has 2 aromatic carbocycles. The minimum absolute atomic E-state index is 0.0496. The van der Waals surface area contributed by atoms with Crippen molar-refractivity contribution in [2.45, 2.75) is 75.6 Å². The molecule has 178 valence electrons. The van der Waals surface area contributed by atoms with Crippen LogP contribution in [0.3, 0.4) is 0 Å². The van der Waals surface area contributed by atoms with Gasteiger partial charge in [0.15, 0.2) is 5.96 Å². The van der Waals surface area contributed by atoms with Gasteiger partial charge in [-0.05, 0) is 54.5 Å². The standard InChI is InChI=1S/C27H32N4O3/c1-3-26(4-2)15-21(32)31(25(28)30-26)16-17-8-7-9-18(14-17)24(34)29-22-19-10-5-6-11-20(19)27(12-13-27)23(22)33/h5-11,14,22-23,33H,3-4,12-13,15-16H2,1-2H3,(H2,28,30)(H,29,34)/t22-,23+/m0/s1. The van der Waals surface area contributed by atoms with E-state index in [2.05, 4.69) is 16.4 Å². The molecule has 0 radical (unpaired) electrons. The maximum absolute atomic E-state index is 13.2. The Hall–Kier alpha value is -3.19. The Morgan fingerprint density at radius 2 is 1.91 bits per heavy atom. The number of amides is 2. The van der Waals surface area contributed by atoms with E-state index in [-0.39, 0.29) is 29.7 Å². The van der Waals surface area contributed by atoms with E-state index in [0.717, 1.165) is 42.4 Å². The molecule has 1 spiro atoms. The average molecular weight is 461 g/mol. The van der Waals surface area contributed by atoms with Crippen LogP contribution in [0.4, 0.5) is 0 Å². The molecular weight excluding hydrogens is 428 g/mol. The van der Waals surface area contributed by atoms with Crippen LogP contribution in [0.1, 0.15) is 79.0 Å². The van der Waals surface area contributed by atoms with Crippen molar-refractivity contribution in [2.75, 3.05) is 0 Å². The number of carbonyl (C=O) groups is 2. The Morgan fingerprint density at radius 3 is 2.59 bits per heavy atom. The molecule has 1 aliphatic heterocycles. The van der Waals surface area contributed by atoms with Gasteiger partial charge in [-0.1, -0.05) is 50.2 Å². The predicted octanol–water partition coefficient (Wildman–Crippen LogP) is 3.17. The summed E-state index contributed by atoms with van der Waals surface area (Å²) in [6.45, 7) is 4.31. The molecule has 2 atom stereocenters. The third-order valence-electron chi connectivity index (χ3n) is 8.05. The van der Waals surface area contributed by atoms with Gasteiger partial charge in [0, 0.05) is 11.0 Å². The second-order valence-corrected chi connectivity index (χ2v) is 9.90. The predicted molar refractivity (Wildman–Crippen MR) is 130 cm³/mol. The lowest BCUT2D eigenvalue weighted by Gasteiger charge is -2.36. The molecule has 5 rings (SSSR count). The fourth-order valence-corrected chi connectivity index (χ4v) is 5.62. The van der Waals surface area contributed by atoms with E-state index in [1.54, 1.807) is 18.2 Å². The number of aliphatic imine (C=N–C) groups is 1. The summed E-state index contributed by atoms with van der Waals surface area (Å²) in [5, 5.41) is 14.1. The number of hydrogen-bond acceptors (Lipinski definition) is 5. The number of hydrogen-bond donors (Lipinski definition) is 3. The molecular formula is C27H32N4O3. The van der Waals surface area contributed by atoms with Crippen LogP contribution >= 0.6 is 0 Å². The van der Waals surface area contributed by atoms with Gasteiger partial charge in [-0.2, -0.15) is 0 Å². The fraction of sp³-hybridized carbons (Fsp3) is 0.444. The zero-order valence-corrected chi connectivity index (χ0v) is 19.8. The van der Waals surface area contributed by atoms with E-state index in [9.17, 15) is 14.7 Å². The SMILES string of the molecule is CCC1(CC)CC(=O)N(Cc2cccc(C(=O)N[C@H]3c4ccccc4C4(CC4)[C@@H]3O)c2)C(N)=N1. The minimum atomic E-state index is -0.628. The van der Waals surface area contributed by atoms with E-state index in [1.807, 2.05) is 38.1 Å². The van der Waals surface area contributed by atoms with E-state index >= 15 is 0 Å². The normalized spacial score (nSPS) is 24.0. The van der Waals surface area contributed by atoms with Gasteiger partial charge in [-0.15, -0.1) is 0 Å². The Labute approximate surface area is 200 Å². The van der Waals surface area contributed by atoms with Crippen molar-refractivity contribution in [1.82, 2.24) is 10.2 Å². The maximum Gasteiger partial charge on any atom is 0.251 e. The minimum Gasteiger partial charge on any atom is -0.390 e. The van der Waals surface area contributed by atoms with Crippen LogP contribution in [0.25, 0.3) is 0 Å². The van der Waals surface area contributed by atoms with Crippen molar-refractivity contribution >= 4 is 17.8 Å². The van der Waals surface area contributed by atoms with Crippen molar-refractivity contribution in [1.29, 1.82) is 0 Å². The smallest absolute Gasteiger partial charge is 0.251 e. The number of guanidine groups is 1. The molecule has 1 fully saturated rings. The lowest BCUT2D eigenvalue weighted by Crippen LogP contribution is -2.50. The van der Waals surface area contributed by atoms with Crippen molar-refractivity contribution in [3.05, 3.63) is 70.8 Å². The van der Waals surface area contributed by atoms with Crippen molar-refractivity contribution in [3.8, 4) is 0 Å². The highest BCUT2D eigenvalue weighted by atomic mass is 16.3. The van der Waals surface area contributed by atoms with Crippen molar-refractivity contribution in [3.63, 3.8) is 0 Å². The molecule has 7 heteroatoms. The zero-order valence-electron chi connectivity index (χ0n) is 19.8. The van der Waals surface area contributed by atoms with Crippen LogP contribution in [0.5, 0.6) is 0 Å². The number of benzene rings is 2. The number of rotatable bonds is 6. The van der Waals surface area contributed by atoms with Crippen LogP contribution in [0, 0.1) is 0 Å². The third-order valence-corrected chi connectivity index (χ3v) is 8.05. The number of aliphatic hydroxyl groups excluding tert-OH is 1. The number of nitrogens with two attached hydrogens (primary N) is 1. The van der Waals surface area contributed by atoms with Crippen molar-refractivity contribution < 1.29 is 14.7 Å². The van der Waals surface area contributed by atoms with E-state index in [4.69, 9.17) is 5.73 Å². The summed E-state index contributed by atoms with van der Waals surface area (Å²) in [7, 11) is 0. The van der Waals surface area contributed by atoms with Crippen LogP contribution < -0.4 is 11.1 Å². The van der Waals surface area contributed by atoms with Gasteiger partial charge in [-0.3, -0.25) is 14.5 Å². The van der Waals surface area contributed by atoms with Crippen LogP contribution in [-0.4, -0.2) is 39.4 Å². The van der Waals surface area contributed by atoms with Gasteiger partial charge in [0.2, 0.25) is 5.91 Å². The fourth-order valence-electron chi connectivity index (χ4n) is 5.62. The second kappa shape index (κ2) is 8.24. The van der Waals surface area contributed by atoms with Gasteiger partial charge in [0.1, 0.15) is 0 Å². The Balaban J connectivity index is 1.33. The molecule has 7 nitrogen and oxygen atoms in total. The van der Waals surface area contributed by atoms with Crippen molar-refractivity contribution in [2.24, 2.45) is 10.7 Å². The molecule has 1 saturated carbocycles. The summed E-state index contributed by atoms with van der Waals surface area (Å²) in [6.07, 6.45) is 3.11. The molecule has 3 aliphatic rings. The first-order chi connectivity index (χ1) is 16.3. The van der Waals surface area contributed by atoms with Gasteiger partial charge >= 0.3 is 0 Å². The average Bonchev–Trinajstić information content (AvgIpc) is 3.62. The Bertz CT molecular complexity index is 1170. The first kappa shape index (κ1) is 22.6. The zero-order chi connectivity index (χ0) is 24.1. The summed E-state index contributed by atoms with van der Waals surface area (Å²) in [6, 6.07) is 14.7. The quantitative estimate of drug-likeness (QED) is 0.615. The lowest BCUT2D eigenvalue weighted by atomic mass is 9.88. The van der Waals surface area contributed by atoms with Gasteiger partial charge in [-0.25, -0.2) is 4.99 Å². The molecule has 0 unspecified atom stereocenters. The number of nitrogens with one attached hydrogen (secondary N) is 1. The van der Waals surface area contributed by atoms with Crippen LogP contribution in [-0.2, 0) is 16.8 Å². The topological polar surface area (TPSA) is 108 Å². The summed E-state index contributed by atoms with van der Waals surface area (Å²) < 4.78 is 0. The van der Waals surface area contributed by atoms with Crippen LogP contribution in [0.15, 0.2) is 53.5 Å². The first-order valence-corrected chi connectivity index (χ1v) is 12.2. The molecule has 2 amide bonds. The summed E-state index contributed by atoms with van der Waals surface area (Å²) in [5.41, 5.74) is 8.98.